The summed E-state index contributed by atoms with van der Waals surface area (Å²) in [6.07, 6.45) is 5.96. The number of benzene rings is 1. The Morgan fingerprint density at radius 3 is 2.68 bits per heavy atom. The Balaban J connectivity index is 1.72. The summed E-state index contributed by atoms with van der Waals surface area (Å²) in [6, 6.07) is 9.65. The molecule has 1 aromatic carbocycles. The number of carbonyl (C=O) groups excluding carboxylic acids is 2. The third-order valence-electron chi connectivity index (χ3n) is 5.87. The molecule has 1 heterocycles. The Bertz CT molecular complexity index is 947. The molecule has 0 aliphatic heterocycles. The first-order valence-electron chi connectivity index (χ1n) is 11.0. The van der Waals surface area contributed by atoms with Crippen LogP contribution in [0.5, 0.6) is 0 Å². The molecule has 168 valence electrons. The minimum Gasteiger partial charge on any atom is -0.347 e. The van der Waals surface area contributed by atoms with Crippen molar-refractivity contribution in [3.8, 4) is 0 Å². The Hall–Kier alpha value is -2.80. The van der Waals surface area contributed by atoms with E-state index in [9.17, 15) is 9.59 Å². The van der Waals surface area contributed by atoms with Crippen LogP contribution < -0.4 is 16.1 Å². The van der Waals surface area contributed by atoms with Crippen LogP contribution in [-0.4, -0.2) is 29.5 Å². The molecule has 2 atom stereocenters. The van der Waals surface area contributed by atoms with Gasteiger partial charge in [-0.05, 0) is 37.3 Å². The van der Waals surface area contributed by atoms with E-state index in [-0.39, 0.29) is 23.8 Å². The number of para-hydroxylation sites is 1. The van der Waals surface area contributed by atoms with Gasteiger partial charge in [-0.2, -0.15) is 0 Å². The zero-order valence-electron chi connectivity index (χ0n) is 18.9. The fourth-order valence-electron chi connectivity index (χ4n) is 4.33. The van der Waals surface area contributed by atoms with Crippen LogP contribution in [0.3, 0.4) is 0 Å². The van der Waals surface area contributed by atoms with Crippen molar-refractivity contribution in [1.29, 1.82) is 0 Å². The number of aromatic nitrogens is 1. The SMILES string of the molecule is CONC=C(CC(C)C)NC(=O)[C@@H]1CCCC[C@@H]1NC(=O)c1cc2ccccc2n1C. The smallest absolute Gasteiger partial charge is 0.268 e. The van der Waals surface area contributed by atoms with Gasteiger partial charge < -0.3 is 15.2 Å². The molecule has 1 aliphatic carbocycles. The van der Waals surface area contributed by atoms with E-state index in [4.69, 9.17) is 4.84 Å². The van der Waals surface area contributed by atoms with Crippen molar-refractivity contribution in [3.05, 3.63) is 47.9 Å². The number of rotatable bonds is 8. The van der Waals surface area contributed by atoms with Crippen molar-refractivity contribution >= 4 is 22.7 Å². The Labute approximate surface area is 184 Å². The van der Waals surface area contributed by atoms with Gasteiger partial charge in [-0.25, -0.2) is 0 Å². The van der Waals surface area contributed by atoms with Crippen LogP contribution in [0, 0.1) is 11.8 Å². The second kappa shape index (κ2) is 10.5. The minimum atomic E-state index is -0.259. The zero-order valence-corrected chi connectivity index (χ0v) is 18.9. The molecule has 0 spiro atoms. The van der Waals surface area contributed by atoms with Gasteiger partial charge in [0.15, 0.2) is 0 Å². The molecule has 7 nitrogen and oxygen atoms in total. The fraction of sp³-hybridized carbons (Fsp3) is 0.500. The quantitative estimate of drug-likeness (QED) is 0.563. The van der Waals surface area contributed by atoms with E-state index in [1.165, 1.54) is 7.11 Å². The highest BCUT2D eigenvalue weighted by Gasteiger charge is 2.33. The largest absolute Gasteiger partial charge is 0.347 e. The molecule has 3 rings (SSSR count). The average molecular weight is 427 g/mol. The molecule has 3 N–H and O–H groups in total. The van der Waals surface area contributed by atoms with Gasteiger partial charge >= 0.3 is 0 Å². The number of amides is 2. The third-order valence-corrected chi connectivity index (χ3v) is 5.87. The van der Waals surface area contributed by atoms with Crippen LogP contribution in [0.4, 0.5) is 0 Å². The molecule has 2 amide bonds. The summed E-state index contributed by atoms with van der Waals surface area (Å²) in [5.41, 5.74) is 5.10. The molecule has 7 heteroatoms. The maximum absolute atomic E-state index is 13.1. The molecule has 0 saturated heterocycles. The van der Waals surface area contributed by atoms with E-state index in [2.05, 4.69) is 30.0 Å². The van der Waals surface area contributed by atoms with E-state index in [1.807, 2.05) is 41.9 Å². The predicted molar refractivity (Wildman–Crippen MR) is 122 cm³/mol. The van der Waals surface area contributed by atoms with Gasteiger partial charge in [-0.1, -0.05) is 44.9 Å². The summed E-state index contributed by atoms with van der Waals surface area (Å²) < 4.78 is 1.91. The lowest BCUT2D eigenvalue weighted by atomic mass is 9.83. The number of nitrogens with zero attached hydrogens (tertiary/aromatic N) is 1. The van der Waals surface area contributed by atoms with E-state index in [0.717, 1.165) is 48.7 Å². The molecule has 1 aliphatic rings. The highest BCUT2D eigenvalue weighted by atomic mass is 16.6. The number of hydrogen-bond acceptors (Lipinski definition) is 4. The van der Waals surface area contributed by atoms with E-state index in [1.54, 1.807) is 6.20 Å². The lowest BCUT2D eigenvalue weighted by molar-refractivity contribution is -0.126. The maximum Gasteiger partial charge on any atom is 0.268 e. The number of hydroxylamine groups is 1. The topological polar surface area (TPSA) is 84.4 Å². The van der Waals surface area contributed by atoms with Crippen LogP contribution in [0.15, 0.2) is 42.2 Å². The number of nitrogens with one attached hydrogen (secondary N) is 3. The molecule has 1 fully saturated rings. The Morgan fingerprint density at radius 1 is 1.23 bits per heavy atom. The highest BCUT2D eigenvalue weighted by Crippen LogP contribution is 2.26. The lowest BCUT2D eigenvalue weighted by Gasteiger charge is -2.31. The van der Waals surface area contributed by atoms with E-state index < -0.39 is 0 Å². The minimum absolute atomic E-state index is 0.0492. The average Bonchev–Trinajstić information content (AvgIpc) is 3.09. The van der Waals surface area contributed by atoms with E-state index in [0.29, 0.717) is 11.6 Å². The molecular weight excluding hydrogens is 392 g/mol. The molecule has 0 radical (unpaired) electrons. The van der Waals surface area contributed by atoms with Crippen LogP contribution in [0.1, 0.15) is 56.4 Å². The molecule has 31 heavy (non-hydrogen) atoms. The summed E-state index contributed by atoms with van der Waals surface area (Å²) in [4.78, 5) is 31.1. The van der Waals surface area contributed by atoms with Gasteiger partial charge in [0.1, 0.15) is 5.69 Å². The fourth-order valence-corrected chi connectivity index (χ4v) is 4.33. The van der Waals surface area contributed by atoms with Crippen LogP contribution in [0.2, 0.25) is 0 Å². The first-order chi connectivity index (χ1) is 14.9. The van der Waals surface area contributed by atoms with Crippen LogP contribution >= 0.6 is 0 Å². The second-order valence-electron chi connectivity index (χ2n) is 8.70. The first-order valence-corrected chi connectivity index (χ1v) is 11.0. The number of aryl methyl sites for hydroxylation is 1. The highest BCUT2D eigenvalue weighted by molar-refractivity contribution is 5.99. The van der Waals surface area contributed by atoms with E-state index >= 15 is 0 Å². The number of hydrogen-bond donors (Lipinski definition) is 3. The van der Waals surface area contributed by atoms with Gasteiger partial charge in [-0.3, -0.25) is 19.9 Å². The van der Waals surface area contributed by atoms with Crippen molar-refractivity contribution < 1.29 is 14.4 Å². The summed E-state index contributed by atoms with van der Waals surface area (Å²) in [5.74, 6) is -0.0572. The number of allylic oxidation sites excluding steroid dienone is 1. The molecule has 0 bridgehead atoms. The van der Waals surface area contributed by atoms with Crippen molar-refractivity contribution in [3.63, 3.8) is 0 Å². The van der Waals surface area contributed by atoms with Gasteiger partial charge in [0.05, 0.1) is 13.0 Å². The number of fused-ring (bicyclic) bond motifs is 1. The summed E-state index contributed by atoms with van der Waals surface area (Å²) in [6.45, 7) is 4.19. The van der Waals surface area contributed by atoms with Crippen molar-refractivity contribution in [2.24, 2.45) is 18.9 Å². The zero-order chi connectivity index (χ0) is 22.4. The monoisotopic (exact) mass is 426 g/mol. The predicted octanol–water partition coefficient (Wildman–Crippen LogP) is 3.62. The summed E-state index contributed by atoms with van der Waals surface area (Å²) in [5, 5.41) is 7.23. The van der Waals surface area contributed by atoms with Gasteiger partial charge in [-0.15, -0.1) is 0 Å². The molecule has 1 saturated carbocycles. The van der Waals surface area contributed by atoms with Crippen molar-refractivity contribution in [2.45, 2.75) is 52.0 Å². The summed E-state index contributed by atoms with van der Waals surface area (Å²) >= 11 is 0. The first kappa shape index (κ1) is 22.9. The maximum atomic E-state index is 13.1. The summed E-state index contributed by atoms with van der Waals surface area (Å²) in [7, 11) is 3.43. The normalized spacial score (nSPS) is 19.5. The van der Waals surface area contributed by atoms with Gasteiger partial charge in [0, 0.05) is 35.9 Å². The molecule has 2 aromatic rings. The van der Waals surface area contributed by atoms with Crippen molar-refractivity contribution in [1.82, 2.24) is 20.7 Å². The van der Waals surface area contributed by atoms with Gasteiger partial charge in [0.25, 0.3) is 5.91 Å². The van der Waals surface area contributed by atoms with Crippen LogP contribution in [0.25, 0.3) is 10.9 Å². The standard InChI is InChI=1S/C24H34N4O3/c1-16(2)13-18(15-25-31-4)26-23(29)19-10-6-7-11-20(19)27-24(30)22-14-17-9-5-8-12-21(17)28(22)3/h5,8-9,12,14-16,19-20,25H,6-7,10-11,13H2,1-4H3,(H,26,29)(H,27,30)/t19-,20+/m1/s1. The second-order valence-corrected chi connectivity index (χ2v) is 8.70. The Morgan fingerprint density at radius 2 is 1.97 bits per heavy atom. The molecular formula is C24H34N4O3. The van der Waals surface area contributed by atoms with Crippen molar-refractivity contribution in [2.75, 3.05) is 7.11 Å². The van der Waals surface area contributed by atoms with Crippen LogP contribution in [-0.2, 0) is 16.7 Å². The van der Waals surface area contributed by atoms with Gasteiger partial charge in [0.2, 0.25) is 5.91 Å². The number of carbonyl (C=O) groups is 2. The Kier molecular flexibility index (Phi) is 7.74. The lowest BCUT2D eigenvalue weighted by Crippen LogP contribution is -2.48. The molecule has 1 aromatic heterocycles. The third kappa shape index (κ3) is 5.67. The molecule has 0 unspecified atom stereocenters.